The van der Waals surface area contributed by atoms with Gasteiger partial charge in [0.05, 0.1) is 6.10 Å². The van der Waals surface area contributed by atoms with Crippen LogP contribution in [0.1, 0.15) is 6.92 Å². The van der Waals surface area contributed by atoms with Crippen LogP contribution in [-0.4, -0.2) is 26.2 Å². The predicted octanol–water partition coefficient (Wildman–Crippen LogP) is 1.39. The third-order valence-corrected chi connectivity index (χ3v) is 4.19. The topological polar surface area (TPSA) is 66.4 Å². The van der Waals surface area contributed by atoms with Crippen molar-refractivity contribution >= 4 is 26.0 Å². The van der Waals surface area contributed by atoms with Crippen LogP contribution in [0, 0.1) is 11.6 Å². The first kappa shape index (κ1) is 14.5. The third-order valence-electron chi connectivity index (χ3n) is 1.80. The van der Waals surface area contributed by atoms with Gasteiger partial charge in [0.1, 0.15) is 16.5 Å². The Hall–Kier alpha value is -0.570. The Labute approximate surface area is 106 Å². The van der Waals surface area contributed by atoms with E-state index in [0.717, 1.165) is 6.07 Å². The van der Waals surface area contributed by atoms with Crippen molar-refractivity contribution < 1.29 is 22.3 Å². The molecule has 17 heavy (non-hydrogen) atoms. The number of halogens is 3. The average molecular weight is 330 g/mol. The van der Waals surface area contributed by atoms with Gasteiger partial charge in [0.2, 0.25) is 10.0 Å². The SMILES string of the molecule is CC(O)CNS(=O)(=O)c1c(F)cc(F)cc1Br. The van der Waals surface area contributed by atoms with E-state index in [-0.39, 0.29) is 11.0 Å². The Balaban J connectivity index is 3.16. The summed E-state index contributed by atoms with van der Waals surface area (Å²) in [5.74, 6) is -2.08. The molecule has 0 saturated carbocycles. The number of rotatable bonds is 4. The van der Waals surface area contributed by atoms with E-state index in [9.17, 15) is 17.2 Å². The lowest BCUT2D eigenvalue weighted by atomic mass is 10.3. The van der Waals surface area contributed by atoms with Gasteiger partial charge in [-0.2, -0.15) is 0 Å². The van der Waals surface area contributed by atoms with Crippen LogP contribution >= 0.6 is 15.9 Å². The summed E-state index contributed by atoms with van der Waals surface area (Å²) in [6.45, 7) is 1.12. The van der Waals surface area contributed by atoms with Gasteiger partial charge >= 0.3 is 0 Å². The summed E-state index contributed by atoms with van der Waals surface area (Å²) in [6, 6.07) is 1.32. The summed E-state index contributed by atoms with van der Waals surface area (Å²) in [5, 5.41) is 8.95. The van der Waals surface area contributed by atoms with Crippen LogP contribution in [-0.2, 0) is 10.0 Å². The Morgan fingerprint density at radius 2 is 2.06 bits per heavy atom. The largest absolute Gasteiger partial charge is 0.392 e. The highest BCUT2D eigenvalue weighted by Crippen LogP contribution is 2.25. The van der Waals surface area contributed by atoms with E-state index in [4.69, 9.17) is 5.11 Å². The monoisotopic (exact) mass is 329 g/mol. The fourth-order valence-corrected chi connectivity index (χ4v) is 3.37. The molecule has 0 saturated heterocycles. The van der Waals surface area contributed by atoms with E-state index < -0.39 is 32.7 Å². The molecule has 96 valence electrons. The molecule has 8 heteroatoms. The third kappa shape index (κ3) is 3.70. The first-order chi connectivity index (χ1) is 7.74. The van der Waals surface area contributed by atoms with Crippen LogP contribution in [0.4, 0.5) is 8.78 Å². The zero-order valence-electron chi connectivity index (χ0n) is 8.75. The van der Waals surface area contributed by atoms with Gasteiger partial charge in [-0.15, -0.1) is 0 Å². The Morgan fingerprint density at radius 3 is 2.53 bits per heavy atom. The minimum atomic E-state index is -4.13. The van der Waals surface area contributed by atoms with Gasteiger partial charge in [0, 0.05) is 17.1 Å². The summed E-state index contributed by atoms with van der Waals surface area (Å²) in [4.78, 5) is -0.681. The first-order valence-corrected chi connectivity index (χ1v) is 6.84. The summed E-state index contributed by atoms with van der Waals surface area (Å²) in [5.41, 5.74) is 0. The number of aliphatic hydroxyl groups excluding tert-OH is 1. The van der Waals surface area contributed by atoms with Gasteiger partial charge in [-0.1, -0.05) is 0 Å². The fraction of sp³-hybridized carbons (Fsp3) is 0.333. The molecule has 1 unspecified atom stereocenters. The first-order valence-electron chi connectivity index (χ1n) is 4.56. The molecular formula is C9H10BrF2NO3S. The van der Waals surface area contributed by atoms with Gasteiger partial charge in [-0.25, -0.2) is 21.9 Å². The molecule has 0 aromatic heterocycles. The van der Waals surface area contributed by atoms with Gasteiger partial charge in [-0.05, 0) is 28.9 Å². The molecule has 1 rings (SSSR count). The fourth-order valence-electron chi connectivity index (χ4n) is 1.09. The normalized spacial score (nSPS) is 13.7. The van der Waals surface area contributed by atoms with Crippen LogP contribution < -0.4 is 4.72 Å². The maximum Gasteiger partial charge on any atom is 0.244 e. The zero-order chi connectivity index (χ0) is 13.2. The smallest absolute Gasteiger partial charge is 0.244 e. The Bertz CT molecular complexity index is 496. The molecular weight excluding hydrogens is 320 g/mol. The minimum Gasteiger partial charge on any atom is -0.392 e. The molecule has 1 aromatic rings. The van der Waals surface area contributed by atoms with E-state index in [1.165, 1.54) is 6.92 Å². The quantitative estimate of drug-likeness (QED) is 0.877. The molecule has 0 fully saturated rings. The highest BCUT2D eigenvalue weighted by Gasteiger charge is 2.23. The summed E-state index contributed by atoms with van der Waals surface area (Å²) < 4.78 is 51.3. The van der Waals surface area contributed by atoms with Crippen LogP contribution in [0.2, 0.25) is 0 Å². The lowest BCUT2D eigenvalue weighted by Crippen LogP contribution is -2.31. The molecule has 0 aliphatic rings. The number of sulfonamides is 1. The van der Waals surface area contributed by atoms with Crippen molar-refractivity contribution in [1.29, 1.82) is 0 Å². The maximum absolute atomic E-state index is 13.4. The second-order valence-corrected chi connectivity index (χ2v) is 5.96. The number of nitrogens with one attached hydrogen (secondary N) is 1. The predicted molar refractivity (Wildman–Crippen MR) is 60.9 cm³/mol. The van der Waals surface area contributed by atoms with Gasteiger partial charge in [0.25, 0.3) is 0 Å². The van der Waals surface area contributed by atoms with Crippen molar-refractivity contribution in [3.8, 4) is 0 Å². The van der Waals surface area contributed by atoms with E-state index in [0.29, 0.717) is 6.07 Å². The molecule has 4 nitrogen and oxygen atoms in total. The molecule has 0 amide bonds. The highest BCUT2D eigenvalue weighted by molar-refractivity contribution is 9.10. The number of benzene rings is 1. The van der Waals surface area contributed by atoms with Crippen LogP contribution in [0.15, 0.2) is 21.5 Å². The molecule has 0 spiro atoms. The van der Waals surface area contributed by atoms with Gasteiger partial charge in [-0.3, -0.25) is 0 Å². The molecule has 0 radical (unpaired) electrons. The van der Waals surface area contributed by atoms with Crippen molar-refractivity contribution in [3.05, 3.63) is 28.2 Å². The van der Waals surface area contributed by atoms with Crippen LogP contribution in [0.25, 0.3) is 0 Å². The minimum absolute atomic E-state index is 0.215. The Morgan fingerprint density at radius 1 is 1.47 bits per heavy atom. The average Bonchev–Trinajstić information content (AvgIpc) is 2.12. The van der Waals surface area contributed by atoms with Crippen LogP contribution in [0.5, 0.6) is 0 Å². The summed E-state index contributed by atoms with van der Waals surface area (Å²) in [7, 11) is -4.13. The standard InChI is InChI=1S/C9H10BrF2NO3S/c1-5(14)4-13-17(15,16)9-7(10)2-6(11)3-8(9)12/h2-3,5,13-14H,4H2,1H3. The van der Waals surface area contributed by atoms with E-state index in [1.807, 2.05) is 4.72 Å². The number of hydrogen-bond donors (Lipinski definition) is 2. The highest BCUT2D eigenvalue weighted by atomic mass is 79.9. The zero-order valence-corrected chi connectivity index (χ0v) is 11.1. The van der Waals surface area contributed by atoms with Crippen LogP contribution in [0.3, 0.4) is 0 Å². The molecule has 0 bridgehead atoms. The second kappa shape index (κ2) is 5.38. The number of hydrogen-bond acceptors (Lipinski definition) is 3. The van der Waals surface area contributed by atoms with Crippen molar-refractivity contribution in [2.45, 2.75) is 17.9 Å². The lowest BCUT2D eigenvalue weighted by Gasteiger charge is -2.10. The second-order valence-electron chi connectivity index (χ2n) is 3.40. The van der Waals surface area contributed by atoms with Crippen molar-refractivity contribution in [1.82, 2.24) is 4.72 Å². The van der Waals surface area contributed by atoms with E-state index in [2.05, 4.69) is 15.9 Å². The molecule has 1 atom stereocenters. The van der Waals surface area contributed by atoms with Gasteiger partial charge < -0.3 is 5.11 Å². The lowest BCUT2D eigenvalue weighted by molar-refractivity contribution is 0.198. The van der Waals surface area contributed by atoms with Crippen molar-refractivity contribution in [2.24, 2.45) is 0 Å². The van der Waals surface area contributed by atoms with Gasteiger partial charge in [0.15, 0.2) is 0 Å². The maximum atomic E-state index is 13.4. The Kier molecular flexibility index (Phi) is 4.59. The summed E-state index contributed by atoms with van der Waals surface area (Å²) in [6.07, 6.45) is -0.910. The van der Waals surface area contributed by atoms with Crippen molar-refractivity contribution in [3.63, 3.8) is 0 Å². The molecule has 0 aliphatic carbocycles. The molecule has 0 aliphatic heterocycles. The molecule has 0 heterocycles. The molecule has 1 aromatic carbocycles. The van der Waals surface area contributed by atoms with Crippen molar-refractivity contribution in [2.75, 3.05) is 6.54 Å². The summed E-state index contributed by atoms with van der Waals surface area (Å²) >= 11 is 2.78. The van der Waals surface area contributed by atoms with E-state index in [1.54, 1.807) is 0 Å². The van der Waals surface area contributed by atoms with E-state index >= 15 is 0 Å². The number of aliphatic hydroxyl groups is 1. The molecule has 2 N–H and O–H groups in total.